The van der Waals surface area contributed by atoms with Crippen molar-refractivity contribution in [2.45, 2.75) is 12.6 Å². The van der Waals surface area contributed by atoms with E-state index in [0.717, 1.165) is 0 Å². The van der Waals surface area contributed by atoms with Crippen LogP contribution in [-0.4, -0.2) is 47.2 Å². The maximum Gasteiger partial charge on any atom is 0.401 e. The molecule has 1 aliphatic rings. The van der Waals surface area contributed by atoms with Crippen molar-refractivity contribution in [1.29, 1.82) is 0 Å². The fourth-order valence-electron chi connectivity index (χ4n) is 2.41. The third kappa shape index (κ3) is 4.55. The van der Waals surface area contributed by atoms with Crippen LogP contribution >= 0.6 is 0 Å². The summed E-state index contributed by atoms with van der Waals surface area (Å²) in [6.07, 6.45) is -2.23. The highest BCUT2D eigenvalue weighted by Crippen LogP contribution is 2.25. The highest BCUT2D eigenvalue weighted by Gasteiger charge is 2.34. The fourth-order valence-corrected chi connectivity index (χ4v) is 2.41. The maximum atomic E-state index is 12.3. The van der Waals surface area contributed by atoms with Crippen LogP contribution in [0.3, 0.4) is 0 Å². The van der Waals surface area contributed by atoms with Crippen molar-refractivity contribution in [2.24, 2.45) is 5.92 Å². The average Bonchev–Trinajstić information content (AvgIpc) is 2.82. The summed E-state index contributed by atoms with van der Waals surface area (Å²) in [6, 6.07) is 3.10. The molecule has 21 heavy (non-hydrogen) atoms. The Morgan fingerprint density at radius 3 is 2.95 bits per heavy atom. The summed E-state index contributed by atoms with van der Waals surface area (Å²) >= 11 is 0. The smallest absolute Gasteiger partial charge is 0.378 e. The average molecular weight is 304 g/mol. The topological polar surface area (TPSA) is 71.3 Å². The minimum Gasteiger partial charge on any atom is -0.378 e. The Morgan fingerprint density at radius 1 is 1.52 bits per heavy atom. The van der Waals surface area contributed by atoms with Gasteiger partial charge in [0, 0.05) is 13.1 Å². The maximum absolute atomic E-state index is 12.3. The molecule has 0 bridgehead atoms. The van der Waals surface area contributed by atoms with Crippen LogP contribution in [0.4, 0.5) is 24.7 Å². The molecule has 1 unspecified atom stereocenters. The molecular weight excluding hydrogens is 289 g/mol. The second-order valence-corrected chi connectivity index (χ2v) is 5.02. The number of rotatable bonds is 5. The van der Waals surface area contributed by atoms with E-state index in [4.69, 9.17) is 0 Å². The van der Waals surface area contributed by atoms with Gasteiger partial charge in [0.25, 0.3) is 0 Å². The van der Waals surface area contributed by atoms with Gasteiger partial charge in [-0.05, 0) is 40.9 Å². The molecule has 0 radical (unpaired) electrons. The Morgan fingerprint density at radius 2 is 2.29 bits per heavy atom. The molecule has 1 aliphatic heterocycles. The van der Waals surface area contributed by atoms with Gasteiger partial charge in [-0.15, -0.1) is 0 Å². The SMILES string of the molecule is O=[N+]([O-])c1ncccc1NCC1CCN(CC(F)(F)F)C1. The molecular formula is C12H15F3N4O2. The number of nitro groups is 1. The van der Waals surface area contributed by atoms with E-state index in [1.807, 2.05) is 0 Å². The molecule has 116 valence electrons. The molecule has 6 nitrogen and oxygen atoms in total. The van der Waals surface area contributed by atoms with Crippen molar-refractivity contribution >= 4 is 11.5 Å². The first-order valence-corrected chi connectivity index (χ1v) is 6.47. The first-order valence-electron chi connectivity index (χ1n) is 6.47. The zero-order chi connectivity index (χ0) is 15.5. The molecule has 0 amide bonds. The number of alkyl halides is 3. The summed E-state index contributed by atoms with van der Waals surface area (Å²) in [7, 11) is 0. The third-order valence-corrected chi connectivity index (χ3v) is 3.31. The summed E-state index contributed by atoms with van der Waals surface area (Å²) in [6.45, 7) is 0.207. The number of likely N-dealkylation sites (tertiary alicyclic amines) is 1. The highest BCUT2D eigenvalue weighted by atomic mass is 19.4. The molecule has 1 N–H and O–H groups in total. The van der Waals surface area contributed by atoms with Crippen molar-refractivity contribution < 1.29 is 18.1 Å². The number of hydrogen-bond donors (Lipinski definition) is 1. The molecule has 9 heteroatoms. The molecule has 1 fully saturated rings. The van der Waals surface area contributed by atoms with E-state index in [0.29, 0.717) is 26.1 Å². The molecule has 0 spiro atoms. The largest absolute Gasteiger partial charge is 0.401 e. The number of nitrogens with zero attached hydrogens (tertiary/aromatic N) is 3. The molecule has 1 aromatic heterocycles. The minimum atomic E-state index is -4.19. The van der Waals surface area contributed by atoms with Crippen molar-refractivity contribution in [3.05, 3.63) is 28.4 Å². The predicted molar refractivity (Wildman–Crippen MR) is 70.0 cm³/mol. The Kier molecular flexibility index (Phi) is 4.61. The normalized spacial score (nSPS) is 19.7. The fraction of sp³-hybridized carbons (Fsp3) is 0.583. The summed E-state index contributed by atoms with van der Waals surface area (Å²) in [4.78, 5) is 15.2. The lowest BCUT2D eigenvalue weighted by Gasteiger charge is -2.18. The molecule has 2 rings (SSSR count). The number of aromatic nitrogens is 1. The molecule has 1 saturated heterocycles. The Hall–Kier alpha value is -1.90. The van der Waals surface area contributed by atoms with Crippen LogP contribution in [0, 0.1) is 16.0 Å². The molecule has 0 saturated carbocycles. The first kappa shape index (κ1) is 15.5. The molecule has 1 atom stereocenters. The number of hydrogen-bond acceptors (Lipinski definition) is 5. The number of halogens is 3. The van der Waals surface area contributed by atoms with E-state index in [1.165, 1.54) is 17.2 Å². The van der Waals surface area contributed by atoms with Crippen LogP contribution < -0.4 is 5.32 Å². The highest BCUT2D eigenvalue weighted by molar-refractivity contribution is 5.56. The van der Waals surface area contributed by atoms with E-state index in [-0.39, 0.29) is 17.4 Å². The number of nitrogens with one attached hydrogen (secondary N) is 1. The number of anilines is 1. The molecule has 0 aromatic carbocycles. The van der Waals surface area contributed by atoms with Crippen molar-refractivity contribution in [2.75, 3.05) is 31.5 Å². The van der Waals surface area contributed by atoms with Gasteiger partial charge in [0.2, 0.25) is 0 Å². The monoisotopic (exact) mass is 304 g/mol. The summed E-state index contributed by atoms with van der Waals surface area (Å²) in [5, 5.41) is 13.7. The standard InChI is InChI=1S/C12H15F3N4O2/c13-12(14,15)8-18-5-3-9(7-18)6-17-10-2-1-4-16-11(10)19(20)21/h1-2,4,9,17H,3,5-8H2. The first-order chi connectivity index (χ1) is 9.85. The van der Waals surface area contributed by atoms with Gasteiger partial charge in [-0.1, -0.05) is 0 Å². The summed E-state index contributed by atoms with van der Waals surface area (Å²) in [5.74, 6) is -0.241. The van der Waals surface area contributed by atoms with Crippen molar-refractivity contribution in [1.82, 2.24) is 9.88 Å². The Labute approximate surface area is 119 Å². The van der Waals surface area contributed by atoms with Gasteiger partial charge in [0.1, 0.15) is 11.9 Å². The van der Waals surface area contributed by atoms with Gasteiger partial charge in [-0.3, -0.25) is 4.90 Å². The van der Waals surface area contributed by atoms with Gasteiger partial charge in [0.05, 0.1) is 6.54 Å². The van der Waals surface area contributed by atoms with Crippen LogP contribution in [0.1, 0.15) is 6.42 Å². The lowest BCUT2D eigenvalue weighted by molar-refractivity contribution is -0.388. The predicted octanol–water partition coefficient (Wildman–Crippen LogP) is 2.29. The second-order valence-electron chi connectivity index (χ2n) is 5.02. The zero-order valence-electron chi connectivity index (χ0n) is 11.1. The van der Waals surface area contributed by atoms with Crippen molar-refractivity contribution in [3.8, 4) is 0 Å². The third-order valence-electron chi connectivity index (χ3n) is 3.31. The van der Waals surface area contributed by atoms with Gasteiger partial charge in [-0.2, -0.15) is 13.2 Å². The van der Waals surface area contributed by atoms with E-state index >= 15 is 0 Å². The van der Waals surface area contributed by atoms with Crippen molar-refractivity contribution in [3.63, 3.8) is 0 Å². The van der Waals surface area contributed by atoms with E-state index in [9.17, 15) is 23.3 Å². The van der Waals surface area contributed by atoms with Gasteiger partial charge >= 0.3 is 12.0 Å². The van der Waals surface area contributed by atoms with E-state index in [2.05, 4.69) is 10.3 Å². The van der Waals surface area contributed by atoms with Gasteiger partial charge in [0.15, 0.2) is 0 Å². The summed E-state index contributed by atoms with van der Waals surface area (Å²) < 4.78 is 36.9. The van der Waals surface area contributed by atoms with E-state index in [1.54, 1.807) is 6.07 Å². The lowest BCUT2D eigenvalue weighted by Crippen LogP contribution is -2.33. The second kappa shape index (κ2) is 6.25. The van der Waals surface area contributed by atoms with Crippen LogP contribution in [0.2, 0.25) is 0 Å². The van der Waals surface area contributed by atoms with Crippen LogP contribution in [0.15, 0.2) is 18.3 Å². The molecule has 0 aliphatic carbocycles. The zero-order valence-corrected chi connectivity index (χ0v) is 11.1. The quantitative estimate of drug-likeness (QED) is 0.667. The molecule has 2 heterocycles. The van der Waals surface area contributed by atoms with E-state index < -0.39 is 17.6 Å². The molecule has 1 aromatic rings. The van der Waals surface area contributed by atoms with Crippen LogP contribution in [0.25, 0.3) is 0 Å². The number of pyridine rings is 1. The summed E-state index contributed by atoms with van der Waals surface area (Å²) in [5.41, 5.74) is 0.289. The Balaban J connectivity index is 1.86. The van der Waals surface area contributed by atoms with Crippen LogP contribution in [0.5, 0.6) is 0 Å². The van der Waals surface area contributed by atoms with Crippen LogP contribution in [-0.2, 0) is 0 Å². The minimum absolute atomic E-state index is 0.0344. The van der Waals surface area contributed by atoms with Gasteiger partial charge in [-0.25, -0.2) is 0 Å². The van der Waals surface area contributed by atoms with Gasteiger partial charge < -0.3 is 15.4 Å². The Bertz CT molecular complexity index is 510. The lowest BCUT2D eigenvalue weighted by atomic mass is 10.1.